The van der Waals surface area contributed by atoms with E-state index in [1.807, 2.05) is 13.8 Å². The van der Waals surface area contributed by atoms with Crippen molar-refractivity contribution < 1.29 is 33.7 Å². The van der Waals surface area contributed by atoms with Crippen LogP contribution in [-0.2, 0) is 20.7 Å². The van der Waals surface area contributed by atoms with Crippen LogP contribution in [0.2, 0.25) is 0 Å². The molecule has 2 aliphatic heterocycles. The molecule has 2 aliphatic rings. The Bertz CT molecular complexity index is 1470. The zero-order valence-electron chi connectivity index (χ0n) is 21.3. The summed E-state index contributed by atoms with van der Waals surface area (Å²) in [5, 5.41) is 11.6. The summed E-state index contributed by atoms with van der Waals surface area (Å²) in [6.45, 7) is 5.93. The summed E-state index contributed by atoms with van der Waals surface area (Å²) in [5.74, 6) is -1.23. The summed E-state index contributed by atoms with van der Waals surface area (Å²) in [4.78, 5) is 45.0. The van der Waals surface area contributed by atoms with Crippen molar-refractivity contribution in [2.75, 3.05) is 18.6 Å². The first-order chi connectivity index (χ1) is 18.2. The number of rotatable bonds is 6. The van der Waals surface area contributed by atoms with E-state index in [9.17, 15) is 19.5 Å². The molecule has 0 spiro atoms. The summed E-state index contributed by atoms with van der Waals surface area (Å²) < 4.78 is 16.1. The van der Waals surface area contributed by atoms with Gasteiger partial charge in [0, 0.05) is 12.0 Å². The van der Waals surface area contributed by atoms with Crippen LogP contribution in [0.5, 0.6) is 11.5 Å². The number of hydrogen-bond acceptors (Lipinski definition) is 9. The van der Waals surface area contributed by atoms with E-state index in [2.05, 4.69) is 4.98 Å². The van der Waals surface area contributed by atoms with Gasteiger partial charge in [-0.05, 0) is 62.2 Å². The van der Waals surface area contributed by atoms with Crippen LogP contribution in [0.4, 0.5) is 5.13 Å². The van der Waals surface area contributed by atoms with Gasteiger partial charge >= 0.3 is 11.9 Å². The van der Waals surface area contributed by atoms with E-state index < -0.39 is 23.7 Å². The lowest BCUT2D eigenvalue weighted by atomic mass is 9.94. The Morgan fingerprint density at radius 1 is 1.21 bits per heavy atom. The molecule has 3 heterocycles. The highest BCUT2D eigenvalue weighted by atomic mass is 32.1. The van der Waals surface area contributed by atoms with E-state index in [1.165, 1.54) is 12.0 Å². The average Bonchev–Trinajstić information content (AvgIpc) is 3.55. The Labute approximate surface area is 223 Å². The van der Waals surface area contributed by atoms with Crippen molar-refractivity contribution in [1.29, 1.82) is 0 Å². The Morgan fingerprint density at radius 3 is 2.63 bits per heavy atom. The maximum Gasteiger partial charge on any atom is 0.350 e. The molecule has 3 aromatic rings. The summed E-state index contributed by atoms with van der Waals surface area (Å²) in [5.41, 5.74) is 2.18. The molecule has 2 aromatic carbocycles. The minimum atomic E-state index is -0.981. The number of methoxy groups -OCH3 is 1. The molecule has 1 N–H and O–H groups in total. The van der Waals surface area contributed by atoms with Crippen molar-refractivity contribution in [3.63, 3.8) is 0 Å². The highest BCUT2D eigenvalue weighted by molar-refractivity contribution is 7.17. The molecule has 10 heteroatoms. The second-order valence-corrected chi connectivity index (χ2v) is 10.0. The fourth-order valence-corrected chi connectivity index (χ4v) is 5.76. The molecule has 2 unspecified atom stereocenters. The number of thiazole rings is 1. The molecule has 0 bridgehead atoms. The van der Waals surface area contributed by atoms with Gasteiger partial charge in [0.1, 0.15) is 28.2 Å². The highest BCUT2D eigenvalue weighted by Crippen LogP contribution is 2.44. The number of ketones is 1. The minimum Gasteiger partial charge on any atom is -0.507 e. The van der Waals surface area contributed by atoms with Gasteiger partial charge in [0.2, 0.25) is 0 Å². The number of Topliss-reactive ketones (excluding diaryl/α,β-unsaturated/α-hetero) is 1. The number of anilines is 1. The van der Waals surface area contributed by atoms with E-state index in [-0.39, 0.29) is 27.4 Å². The van der Waals surface area contributed by atoms with Crippen LogP contribution in [0, 0.1) is 6.92 Å². The number of carbonyl (C=O) groups is 3. The molecule has 1 amide bonds. The topological polar surface area (TPSA) is 115 Å². The number of aliphatic hydroxyl groups excluding tert-OH is 1. The number of hydrogen-bond donors (Lipinski definition) is 1. The summed E-state index contributed by atoms with van der Waals surface area (Å²) >= 11 is 0.953. The van der Waals surface area contributed by atoms with E-state index in [0.29, 0.717) is 35.6 Å². The van der Waals surface area contributed by atoms with E-state index >= 15 is 0 Å². The maximum atomic E-state index is 13.5. The molecule has 0 radical (unpaired) electrons. The van der Waals surface area contributed by atoms with Crippen molar-refractivity contribution in [2.45, 2.75) is 39.3 Å². The van der Waals surface area contributed by atoms with Crippen molar-refractivity contribution in [3.8, 4) is 11.5 Å². The quantitative estimate of drug-likeness (QED) is 0.211. The van der Waals surface area contributed by atoms with Gasteiger partial charge in [-0.15, -0.1) is 0 Å². The largest absolute Gasteiger partial charge is 0.507 e. The van der Waals surface area contributed by atoms with Gasteiger partial charge in [0.15, 0.2) is 5.13 Å². The van der Waals surface area contributed by atoms with Gasteiger partial charge in [-0.25, -0.2) is 9.78 Å². The SMILES string of the molecule is CCOc1ccc(C2C(=C(O)c3ccc4c(c3)CC(C)O4)C(=O)C(=O)N2c2nc(C)c(C(=O)OC)s2)cc1. The standard InChI is InChI=1S/C28H26N2O7S/c1-5-36-19-9-6-16(7-10-19)22-21(23(31)17-8-11-20-18(13-17)12-14(2)37-20)24(32)26(33)30(22)28-29-15(3)25(38-28)27(34)35-4/h6-11,13-14,22,31H,5,12H2,1-4H3. The molecule has 1 aromatic heterocycles. The molecule has 0 saturated carbocycles. The van der Waals surface area contributed by atoms with Crippen LogP contribution < -0.4 is 14.4 Å². The van der Waals surface area contributed by atoms with Gasteiger partial charge < -0.3 is 19.3 Å². The third-order valence-electron chi connectivity index (χ3n) is 6.48. The molecule has 1 saturated heterocycles. The molecular weight excluding hydrogens is 508 g/mol. The van der Waals surface area contributed by atoms with E-state index in [1.54, 1.807) is 49.4 Å². The predicted molar refractivity (Wildman–Crippen MR) is 141 cm³/mol. The van der Waals surface area contributed by atoms with Crippen molar-refractivity contribution >= 4 is 39.9 Å². The number of aryl methyl sites for hydroxylation is 1. The zero-order chi connectivity index (χ0) is 27.1. The Balaban J connectivity index is 1.66. The number of esters is 1. The zero-order valence-corrected chi connectivity index (χ0v) is 22.1. The fraction of sp³-hybridized carbons (Fsp3) is 0.286. The van der Waals surface area contributed by atoms with Gasteiger partial charge in [-0.3, -0.25) is 14.5 Å². The molecule has 196 valence electrons. The average molecular weight is 535 g/mol. The van der Waals surface area contributed by atoms with Crippen molar-refractivity contribution in [1.82, 2.24) is 4.98 Å². The van der Waals surface area contributed by atoms with Crippen LogP contribution in [-0.4, -0.2) is 47.6 Å². The number of fused-ring (bicyclic) bond motifs is 1. The number of carbonyl (C=O) groups excluding carboxylic acids is 3. The number of ether oxygens (including phenoxy) is 3. The first kappa shape index (κ1) is 25.5. The first-order valence-corrected chi connectivity index (χ1v) is 12.9. The second-order valence-electron chi connectivity index (χ2n) is 9.03. The Morgan fingerprint density at radius 2 is 1.95 bits per heavy atom. The maximum absolute atomic E-state index is 13.5. The van der Waals surface area contributed by atoms with Crippen LogP contribution in [0.3, 0.4) is 0 Å². The summed E-state index contributed by atoms with van der Waals surface area (Å²) in [7, 11) is 1.26. The van der Waals surface area contributed by atoms with Crippen LogP contribution in [0.15, 0.2) is 48.0 Å². The molecule has 1 fully saturated rings. The number of benzene rings is 2. The van der Waals surface area contributed by atoms with E-state index in [4.69, 9.17) is 14.2 Å². The number of aromatic nitrogens is 1. The monoisotopic (exact) mass is 534 g/mol. The van der Waals surface area contributed by atoms with Crippen molar-refractivity contribution in [3.05, 3.63) is 75.3 Å². The molecule has 2 atom stereocenters. The van der Waals surface area contributed by atoms with Gasteiger partial charge in [-0.1, -0.05) is 23.5 Å². The normalized spacial score (nSPS) is 19.8. The Hall–Kier alpha value is -4.18. The lowest BCUT2D eigenvalue weighted by Gasteiger charge is -2.23. The van der Waals surface area contributed by atoms with E-state index in [0.717, 1.165) is 22.6 Å². The first-order valence-electron chi connectivity index (χ1n) is 12.1. The molecular formula is C28H26N2O7S. The van der Waals surface area contributed by atoms with Gasteiger partial charge in [0.05, 0.1) is 31.0 Å². The third-order valence-corrected chi connectivity index (χ3v) is 7.62. The molecule has 0 aliphatic carbocycles. The highest BCUT2D eigenvalue weighted by Gasteiger charge is 2.48. The van der Waals surface area contributed by atoms with Gasteiger partial charge in [0.25, 0.3) is 5.78 Å². The molecule has 5 rings (SSSR count). The number of nitrogens with zero attached hydrogens (tertiary/aromatic N) is 2. The van der Waals surface area contributed by atoms with Crippen LogP contribution in [0.25, 0.3) is 5.76 Å². The summed E-state index contributed by atoms with van der Waals surface area (Å²) in [6, 6.07) is 11.2. The Kier molecular flexibility index (Phi) is 6.66. The van der Waals surface area contributed by atoms with Gasteiger partial charge in [-0.2, -0.15) is 0 Å². The summed E-state index contributed by atoms with van der Waals surface area (Å²) in [6.07, 6.45) is 0.677. The number of amides is 1. The van der Waals surface area contributed by atoms with Crippen molar-refractivity contribution in [2.24, 2.45) is 0 Å². The van der Waals surface area contributed by atoms with Crippen LogP contribution in [0.1, 0.15) is 51.9 Å². The second kappa shape index (κ2) is 9.94. The predicted octanol–water partition coefficient (Wildman–Crippen LogP) is 4.59. The fourth-order valence-electron chi connectivity index (χ4n) is 4.75. The number of aliphatic hydroxyl groups is 1. The lowest BCUT2D eigenvalue weighted by Crippen LogP contribution is -2.29. The molecule has 38 heavy (non-hydrogen) atoms. The molecule has 9 nitrogen and oxygen atoms in total. The van der Waals surface area contributed by atoms with Crippen LogP contribution >= 0.6 is 11.3 Å². The minimum absolute atomic E-state index is 0.00831. The third kappa shape index (κ3) is 4.30. The lowest BCUT2D eigenvalue weighted by molar-refractivity contribution is -0.132. The smallest absolute Gasteiger partial charge is 0.350 e.